The van der Waals surface area contributed by atoms with Crippen LogP contribution in [0.5, 0.6) is 5.75 Å². The molecule has 1 saturated heterocycles. The Balaban J connectivity index is 1.61. The van der Waals surface area contributed by atoms with Crippen molar-refractivity contribution in [2.45, 2.75) is 31.8 Å². The molecule has 29 heavy (non-hydrogen) atoms. The Morgan fingerprint density at radius 1 is 1.14 bits per heavy atom. The predicted molar refractivity (Wildman–Crippen MR) is 106 cm³/mol. The number of likely N-dealkylation sites (N-methyl/N-ethyl adjacent to an activating group) is 1. The molecule has 0 saturated carbocycles. The fourth-order valence-electron chi connectivity index (χ4n) is 3.47. The highest BCUT2D eigenvalue weighted by Gasteiger charge is 2.31. The van der Waals surface area contributed by atoms with Crippen LogP contribution in [0, 0.1) is 0 Å². The molecule has 9 heteroatoms. The summed E-state index contributed by atoms with van der Waals surface area (Å²) < 4.78 is 40.8. The van der Waals surface area contributed by atoms with Crippen LogP contribution in [0.15, 0.2) is 36.5 Å². The van der Waals surface area contributed by atoms with Crippen molar-refractivity contribution in [2.24, 2.45) is 0 Å². The predicted octanol–water partition coefficient (Wildman–Crippen LogP) is 3.54. The molecule has 1 aromatic carbocycles. The van der Waals surface area contributed by atoms with Crippen molar-refractivity contribution in [1.82, 2.24) is 14.9 Å². The number of nitrogens with zero attached hydrogens (tertiary/aromatic N) is 5. The third-order valence-corrected chi connectivity index (χ3v) is 4.99. The second-order valence-electron chi connectivity index (χ2n) is 7.44. The van der Waals surface area contributed by atoms with Crippen LogP contribution < -0.4 is 14.5 Å². The summed E-state index contributed by atoms with van der Waals surface area (Å²) >= 11 is 0. The first-order chi connectivity index (χ1) is 13.7. The molecule has 2 heterocycles. The van der Waals surface area contributed by atoms with Crippen molar-refractivity contribution in [3.63, 3.8) is 0 Å². The Kier molecular flexibility index (Phi) is 6.46. The molecule has 3 rings (SSSR count). The van der Waals surface area contributed by atoms with E-state index in [4.69, 9.17) is 0 Å². The lowest BCUT2D eigenvalue weighted by Gasteiger charge is -2.37. The molecule has 0 aliphatic carbocycles. The van der Waals surface area contributed by atoms with E-state index in [1.54, 1.807) is 18.3 Å². The van der Waals surface area contributed by atoms with Crippen molar-refractivity contribution in [3.8, 4) is 5.75 Å². The monoisotopic (exact) mass is 409 g/mol. The fraction of sp³-hybridized carbons (Fsp3) is 0.500. The summed E-state index contributed by atoms with van der Waals surface area (Å²) in [6.07, 6.45) is -0.823. The minimum atomic E-state index is -4.67. The Hall–Kier alpha value is -2.55. The summed E-state index contributed by atoms with van der Waals surface area (Å²) in [5, 5.41) is 0. The van der Waals surface area contributed by atoms with E-state index < -0.39 is 6.36 Å². The quantitative estimate of drug-likeness (QED) is 0.727. The molecule has 1 aliphatic heterocycles. The van der Waals surface area contributed by atoms with Gasteiger partial charge in [-0.1, -0.05) is 12.1 Å². The molecule has 0 spiro atoms. The van der Waals surface area contributed by atoms with Gasteiger partial charge >= 0.3 is 6.36 Å². The third kappa shape index (κ3) is 5.96. The molecule has 1 aliphatic rings. The molecule has 6 nitrogen and oxygen atoms in total. The molecule has 0 N–H and O–H groups in total. The van der Waals surface area contributed by atoms with Crippen LogP contribution in [-0.2, 0) is 6.54 Å². The van der Waals surface area contributed by atoms with Crippen LogP contribution in [0.2, 0.25) is 0 Å². The molecule has 0 bridgehead atoms. The number of benzene rings is 1. The number of alkyl halides is 3. The van der Waals surface area contributed by atoms with E-state index in [1.165, 1.54) is 12.1 Å². The van der Waals surface area contributed by atoms with Gasteiger partial charge in [-0.15, -0.1) is 13.2 Å². The van der Waals surface area contributed by atoms with Crippen molar-refractivity contribution in [2.75, 3.05) is 44.0 Å². The zero-order valence-corrected chi connectivity index (χ0v) is 16.9. The lowest BCUT2D eigenvalue weighted by Crippen LogP contribution is -2.46. The van der Waals surface area contributed by atoms with Crippen molar-refractivity contribution < 1.29 is 17.9 Å². The summed E-state index contributed by atoms with van der Waals surface area (Å²) in [4.78, 5) is 15.4. The number of hydrogen-bond donors (Lipinski definition) is 0. The Morgan fingerprint density at radius 2 is 1.86 bits per heavy atom. The Labute approximate surface area is 168 Å². The maximum Gasteiger partial charge on any atom is 0.573 e. The number of ether oxygens (including phenoxy) is 1. The molecule has 1 fully saturated rings. The van der Waals surface area contributed by atoms with Gasteiger partial charge in [-0.3, -0.25) is 4.90 Å². The number of hydrogen-bond acceptors (Lipinski definition) is 6. The normalized spacial score (nSPS) is 17.8. The van der Waals surface area contributed by atoms with E-state index in [0.717, 1.165) is 37.3 Å². The van der Waals surface area contributed by atoms with Crippen LogP contribution in [-0.4, -0.2) is 61.5 Å². The van der Waals surface area contributed by atoms with E-state index in [2.05, 4.69) is 24.5 Å². The molecule has 1 atom stereocenters. The van der Waals surface area contributed by atoms with Crippen LogP contribution in [0.25, 0.3) is 0 Å². The first-order valence-corrected chi connectivity index (χ1v) is 9.51. The third-order valence-electron chi connectivity index (χ3n) is 4.99. The van der Waals surface area contributed by atoms with Gasteiger partial charge in [0.15, 0.2) is 0 Å². The van der Waals surface area contributed by atoms with E-state index in [-0.39, 0.29) is 11.8 Å². The highest BCUT2D eigenvalue weighted by atomic mass is 19.4. The number of aromatic nitrogens is 2. The topological polar surface area (TPSA) is 44.7 Å². The zero-order chi connectivity index (χ0) is 21.0. The first-order valence-electron chi connectivity index (χ1n) is 9.51. The van der Waals surface area contributed by atoms with E-state index in [9.17, 15) is 13.2 Å². The highest BCUT2D eigenvalue weighted by Crippen LogP contribution is 2.24. The molecule has 0 amide bonds. The van der Waals surface area contributed by atoms with Gasteiger partial charge in [-0.25, -0.2) is 4.98 Å². The van der Waals surface area contributed by atoms with Crippen LogP contribution in [0.4, 0.5) is 24.9 Å². The van der Waals surface area contributed by atoms with Gasteiger partial charge in [0.2, 0.25) is 5.95 Å². The van der Waals surface area contributed by atoms with Crippen LogP contribution in [0.1, 0.15) is 18.4 Å². The Morgan fingerprint density at radius 3 is 2.52 bits per heavy atom. The SMILES string of the molecule is CN(C)c1ccnc(N(C)C2CCCN(Cc3ccc(OC(F)(F)F)cc3)C2)n1. The molecule has 1 unspecified atom stereocenters. The van der Waals surface area contributed by atoms with E-state index in [1.807, 2.05) is 32.1 Å². The molecule has 2 aromatic rings. The maximum atomic E-state index is 12.3. The highest BCUT2D eigenvalue weighted by molar-refractivity contribution is 5.42. The molecule has 0 radical (unpaired) electrons. The van der Waals surface area contributed by atoms with Gasteiger partial charge in [-0.2, -0.15) is 4.98 Å². The van der Waals surface area contributed by atoms with Crippen molar-refractivity contribution in [1.29, 1.82) is 0 Å². The summed E-state index contributed by atoms with van der Waals surface area (Å²) in [6.45, 7) is 2.46. The number of likely N-dealkylation sites (tertiary alicyclic amines) is 1. The number of anilines is 2. The summed E-state index contributed by atoms with van der Waals surface area (Å²) in [5.74, 6) is 1.35. The summed E-state index contributed by atoms with van der Waals surface area (Å²) in [5.41, 5.74) is 0.952. The average Bonchev–Trinajstić information content (AvgIpc) is 2.68. The lowest BCUT2D eigenvalue weighted by atomic mass is 10.0. The summed E-state index contributed by atoms with van der Waals surface area (Å²) in [6, 6.07) is 8.22. The lowest BCUT2D eigenvalue weighted by molar-refractivity contribution is -0.274. The molecular weight excluding hydrogens is 383 g/mol. The van der Waals surface area contributed by atoms with E-state index in [0.29, 0.717) is 12.5 Å². The Bertz CT molecular complexity index is 797. The van der Waals surface area contributed by atoms with Crippen LogP contribution in [0.3, 0.4) is 0 Å². The smallest absolute Gasteiger partial charge is 0.406 e. The maximum absolute atomic E-state index is 12.3. The average molecular weight is 409 g/mol. The van der Waals surface area contributed by atoms with E-state index >= 15 is 0 Å². The van der Waals surface area contributed by atoms with Gasteiger partial charge in [0.1, 0.15) is 11.6 Å². The largest absolute Gasteiger partial charge is 0.573 e. The van der Waals surface area contributed by atoms with Gasteiger partial charge in [0.05, 0.1) is 0 Å². The fourth-order valence-corrected chi connectivity index (χ4v) is 3.47. The summed E-state index contributed by atoms with van der Waals surface area (Å²) in [7, 11) is 5.89. The minimum absolute atomic E-state index is 0.199. The number of halogens is 3. The number of piperidine rings is 1. The molecule has 158 valence electrons. The second-order valence-corrected chi connectivity index (χ2v) is 7.44. The van der Waals surface area contributed by atoms with Gasteiger partial charge < -0.3 is 14.5 Å². The van der Waals surface area contributed by atoms with Crippen molar-refractivity contribution >= 4 is 11.8 Å². The van der Waals surface area contributed by atoms with Crippen LogP contribution >= 0.6 is 0 Å². The zero-order valence-electron chi connectivity index (χ0n) is 16.9. The second kappa shape index (κ2) is 8.86. The standard InChI is InChI=1S/C20H26F3N5O/c1-26(2)18-10-11-24-19(25-18)27(3)16-5-4-12-28(14-16)13-15-6-8-17(9-7-15)29-20(21,22)23/h6-11,16H,4-5,12-14H2,1-3H3. The van der Waals surface area contributed by atoms with Gasteiger partial charge in [0.25, 0.3) is 0 Å². The molecular formula is C20H26F3N5O. The number of rotatable bonds is 6. The molecule has 1 aromatic heterocycles. The first kappa shape index (κ1) is 21.2. The van der Waals surface area contributed by atoms with Gasteiger partial charge in [0, 0.05) is 46.5 Å². The van der Waals surface area contributed by atoms with Gasteiger partial charge in [-0.05, 0) is 43.1 Å². The minimum Gasteiger partial charge on any atom is -0.406 e. The van der Waals surface area contributed by atoms with Crippen molar-refractivity contribution in [3.05, 3.63) is 42.1 Å².